The van der Waals surface area contributed by atoms with Gasteiger partial charge in [0, 0.05) is 48.7 Å². The lowest BCUT2D eigenvalue weighted by Crippen LogP contribution is -2.01. The smallest absolute Gasteiger partial charge is 0.154 e. The average Bonchev–Trinajstić information content (AvgIpc) is 2.84. The Balaban J connectivity index is 1.50. The fourth-order valence-electron chi connectivity index (χ4n) is 3.24. The number of aromatic nitrogens is 5. The third kappa shape index (κ3) is 5.74. The van der Waals surface area contributed by atoms with Crippen molar-refractivity contribution in [3.05, 3.63) is 84.1 Å². The number of nitrogens with two attached hydrogens (primary N) is 1. The first-order valence-electron chi connectivity index (χ1n) is 10.8. The van der Waals surface area contributed by atoms with Crippen molar-refractivity contribution in [3.8, 4) is 0 Å². The Morgan fingerprint density at radius 1 is 1.06 bits per heavy atom. The van der Waals surface area contributed by atoms with Gasteiger partial charge in [-0.15, -0.1) is 5.10 Å². The Morgan fingerprint density at radius 2 is 1.91 bits per heavy atom. The quantitative estimate of drug-likeness (QED) is 0.394. The third-order valence-electron chi connectivity index (χ3n) is 5.16. The molecule has 33 heavy (non-hydrogen) atoms. The Labute approximate surface area is 192 Å². The zero-order valence-electron chi connectivity index (χ0n) is 18.7. The first-order valence-corrected chi connectivity index (χ1v) is 10.8. The third-order valence-corrected chi connectivity index (χ3v) is 5.16. The van der Waals surface area contributed by atoms with Gasteiger partial charge in [-0.3, -0.25) is 15.0 Å². The van der Waals surface area contributed by atoms with Crippen LogP contribution in [0.15, 0.2) is 72.4 Å². The molecule has 0 aliphatic heterocycles. The first-order chi connectivity index (χ1) is 16.1. The summed E-state index contributed by atoms with van der Waals surface area (Å²) in [5, 5.41) is 11.5. The zero-order chi connectivity index (χ0) is 23.0. The van der Waals surface area contributed by atoms with Gasteiger partial charge in [-0.05, 0) is 59.9 Å². The molecule has 166 valence electrons. The van der Waals surface area contributed by atoms with E-state index in [1.54, 1.807) is 31.0 Å². The highest BCUT2D eigenvalue weighted by molar-refractivity contribution is 6.10. The number of aliphatic imine (C=N–C) groups is 1. The van der Waals surface area contributed by atoms with Crippen molar-refractivity contribution in [2.75, 3.05) is 11.9 Å². The van der Waals surface area contributed by atoms with Crippen LogP contribution in [-0.4, -0.2) is 37.9 Å². The highest BCUT2D eigenvalue weighted by Gasteiger charge is 2.07. The lowest BCUT2D eigenvalue weighted by Gasteiger charge is -2.09. The molecule has 0 fully saturated rings. The van der Waals surface area contributed by atoms with Crippen LogP contribution in [0.4, 0.5) is 11.6 Å². The summed E-state index contributed by atoms with van der Waals surface area (Å²) < 4.78 is 0. The fraction of sp³-hybridized carbons (Fsp3) is 0.200. The van der Waals surface area contributed by atoms with Crippen molar-refractivity contribution < 1.29 is 0 Å². The van der Waals surface area contributed by atoms with Crippen LogP contribution in [0.2, 0.25) is 0 Å². The fourth-order valence-corrected chi connectivity index (χ4v) is 3.24. The largest absolute Gasteiger partial charge is 0.404 e. The molecule has 4 heterocycles. The van der Waals surface area contributed by atoms with Crippen LogP contribution in [0.1, 0.15) is 36.5 Å². The molecule has 0 atom stereocenters. The lowest BCUT2D eigenvalue weighted by atomic mass is 10.1. The van der Waals surface area contributed by atoms with E-state index in [9.17, 15) is 0 Å². The van der Waals surface area contributed by atoms with E-state index in [4.69, 9.17) is 10.7 Å². The minimum atomic E-state index is 0.366. The summed E-state index contributed by atoms with van der Waals surface area (Å²) >= 11 is 0. The number of rotatable bonds is 8. The second kappa shape index (κ2) is 10.4. The van der Waals surface area contributed by atoms with Crippen LogP contribution in [0.3, 0.4) is 0 Å². The van der Waals surface area contributed by atoms with Gasteiger partial charge in [0.15, 0.2) is 5.82 Å². The zero-order valence-corrected chi connectivity index (χ0v) is 18.7. The van der Waals surface area contributed by atoms with Crippen molar-refractivity contribution in [1.29, 1.82) is 0 Å². The number of allylic oxidation sites excluding steroid dienone is 1. The Bertz CT molecular complexity index is 1280. The molecule has 8 nitrogen and oxygen atoms in total. The second-order valence-electron chi connectivity index (χ2n) is 7.88. The molecule has 4 aromatic rings. The Kier molecular flexibility index (Phi) is 6.94. The molecule has 0 saturated carbocycles. The predicted molar refractivity (Wildman–Crippen MR) is 132 cm³/mol. The van der Waals surface area contributed by atoms with Gasteiger partial charge >= 0.3 is 0 Å². The minimum Gasteiger partial charge on any atom is -0.404 e. The van der Waals surface area contributed by atoms with Gasteiger partial charge in [0.25, 0.3) is 0 Å². The molecule has 0 aliphatic rings. The van der Waals surface area contributed by atoms with Crippen LogP contribution in [0.25, 0.3) is 16.6 Å². The molecule has 0 radical (unpaired) electrons. The van der Waals surface area contributed by atoms with Crippen LogP contribution in [-0.2, 0) is 6.42 Å². The standard InChI is InChI=1S/C25H26N8/c1-17(2)19-12-25(33-30-16-19)32-24-4-3-22-23(31-24)11-20(15-29-22)21(13-26)14-28-10-7-18-5-8-27-9-6-18/h3-6,8-9,11-17H,7,10,26H2,1-2H3,(H,31,32,33). The number of nitrogens with zero attached hydrogens (tertiary/aromatic N) is 6. The summed E-state index contributed by atoms with van der Waals surface area (Å²) in [6.07, 6.45) is 11.3. The maximum Gasteiger partial charge on any atom is 0.154 e. The van der Waals surface area contributed by atoms with E-state index in [-0.39, 0.29) is 0 Å². The molecule has 0 saturated heterocycles. The van der Waals surface area contributed by atoms with Crippen molar-refractivity contribution in [2.45, 2.75) is 26.2 Å². The average molecular weight is 439 g/mol. The molecule has 3 N–H and O–H groups in total. The molecule has 0 aromatic carbocycles. The van der Waals surface area contributed by atoms with Gasteiger partial charge in [-0.1, -0.05) is 13.8 Å². The summed E-state index contributed by atoms with van der Waals surface area (Å²) in [5.41, 5.74) is 11.4. The van der Waals surface area contributed by atoms with Crippen molar-refractivity contribution >= 4 is 34.5 Å². The van der Waals surface area contributed by atoms with E-state index in [0.29, 0.717) is 24.1 Å². The van der Waals surface area contributed by atoms with Gasteiger partial charge in [0.05, 0.1) is 17.2 Å². The van der Waals surface area contributed by atoms with Crippen LogP contribution in [0.5, 0.6) is 0 Å². The Morgan fingerprint density at radius 3 is 2.70 bits per heavy atom. The molecule has 0 unspecified atom stereocenters. The summed E-state index contributed by atoms with van der Waals surface area (Å²) in [6, 6.07) is 11.7. The van der Waals surface area contributed by atoms with Crippen LogP contribution in [0, 0.1) is 0 Å². The van der Waals surface area contributed by atoms with Crippen molar-refractivity contribution in [2.24, 2.45) is 10.7 Å². The first kappa shape index (κ1) is 22.0. The lowest BCUT2D eigenvalue weighted by molar-refractivity contribution is 0.843. The number of fused-ring (bicyclic) bond motifs is 1. The van der Waals surface area contributed by atoms with Gasteiger partial charge in [0.2, 0.25) is 0 Å². The highest BCUT2D eigenvalue weighted by Crippen LogP contribution is 2.21. The number of hydrogen-bond donors (Lipinski definition) is 2. The van der Waals surface area contributed by atoms with Gasteiger partial charge in [-0.2, -0.15) is 5.10 Å². The molecule has 4 rings (SSSR count). The number of anilines is 2. The highest BCUT2D eigenvalue weighted by atomic mass is 15.2. The summed E-state index contributed by atoms with van der Waals surface area (Å²) in [7, 11) is 0. The van der Waals surface area contributed by atoms with Crippen molar-refractivity contribution in [1.82, 2.24) is 25.1 Å². The van der Waals surface area contributed by atoms with Gasteiger partial charge in [-0.25, -0.2) is 4.98 Å². The maximum absolute atomic E-state index is 5.88. The van der Waals surface area contributed by atoms with Crippen LogP contribution < -0.4 is 11.1 Å². The molecule has 0 spiro atoms. The summed E-state index contributed by atoms with van der Waals surface area (Å²) in [4.78, 5) is 17.8. The molecule has 8 heteroatoms. The molecule has 0 amide bonds. The topological polar surface area (TPSA) is 115 Å². The summed E-state index contributed by atoms with van der Waals surface area (Å²) in [6.45, 7) is 4.89. The second-order valence-corrected chi connectivity index (χ2v) is 7.88. The molecule has 0 aliphatic carbocycles. The van der Waals surface area contributed by atoms with Gasteiger partial charge < -0.3 is 11.1 Å². The van der Waals surface area contributed by atoms with E-state index in [1.807, 2.05) is 36.4 Å². The number of hydrogen-bond acceptors (Lipinski definition) is 8. The van der Waals surface area contributed by atoms with E-state index >= 15 is 0 Å². The molecular formula is C25H26N8. The SMILES string of the molecule is CC(C)c1cnnc(Nc2ccc3ncc(C(C=NCCc4ccncc4)=CN)cc3n2)c1. The van der Waals surface area contributed by atoms with Crippen LogP contribution >= 0.6 is 0 Å². The van der Waals surface area contributed by atoms with E-state index in [2.05, 4.69) is 44.3 Å². The monoisotopic (exact) mass is 438 g/mol. The predicted octanol–water partition coefficient (Wildman–Crippen LogP) is 4.29. The number of pyridine rings is 3. The minimum absolute atomic E-state index is 0.366. The molecule has 0 bridgehead atoms. The van der Waals surface area contributed by atoms with E-state index in [0.717, 1.165) is 34.2 Å². The summed E-state index contributed by atoms with van der Waals surface area (Å²) in [5.74, 6) is 1.69. The number of nitrogens with one attached hydrogen (secondary N) is 1. The normalized spacial score (nSPS) is 12.0. The van der Waals surface area contributed by atoms with E-state index in [1.165, 1.54) is 11.8 Å². The van der Waals surface area contributed by atoms with E-state index < -0.39 is 0 Å². The maximum atomic E-state index is 5.88. The molecular weight excluding hydrogens is 412 g/mol. The molecule has 4 aromatic heterocycles. The van der Waals surface area contributed by atoms with Crippen molar-refractivity contribution in [3.63, 3.8) is 0 Å². The van der Waals surface area contributed by atoms with Gasteiger partial charge in [0.1, 0.15) is 5.82 Å². The Hall–Kier alpha value is -4.20.